The van der Waals surface area contributed by atoms with Gasteiger partial charge in [0.1, 0.15) is 11.4 Å². The minimum absolute atomic E-state index is 0.0393. The molecule has 1 atom stereocenters. The van der Waals surface area contributed by atoms with E-state index in [2.05, 4.69) is 5.32 Å². The first-order valence-electron chi connectivity index (χ1n) is 8.39. The second-order valence-electron chi connectivity index (χ2n) is 6.81. The van der Waals surface area contributed by atoms with Gasteiger partial charge in [0.05, 0.1) is 17.9 Å². The Hall–Kier alpha value is -2.57. The van der Waals surface area contributed by atoms with Crippen LogP contribution in [-0.4, -0.2) is 39.1 Å². The van der Waals surface area contributed by atoms with E-state index in [0.717, 1.165) is 0 Å². The molecule has 2 amide bonds. The summed E-state index contributed by atoms with van der Waals surface area (Å²) in [5.41, 5.74) is -0.108. The van der Waals surface area contributed by atoms with E-state index in [1.165, 1.54) is 16.5 Å². The normalized spacial score (nSPS) is 20.6. The second-order valence-corrected chi connectivity index (χ2v) is 6.81. The zero-order chi connectivity index (χ0) is 18.2. The predicted octanol–water partition coefficient (Wildman–Crippen LogP) is 2.84. The van der Waals surface area contributed by atoms with Crippen LogP contribution in [0.1, 0.15) is 25.5 Å². The average molecular weight is 346 g/mol. The van der Waals surface area contributed by atoms with Crippen molar-refractivity contribution >= 4 is 11.7 Å². The van der Waals surface area contributed by atoms with Gasteiger partial charge in [0, 0.05) is 13.6 Å². The van der Waals surface area contributed by atoms with Crippen molar-refractivity contribution in [2.45, 2.75) is 32.4 Å². The smallest absolute Gasteiger partial charge is 0.321 e. The Morgan fingerprint density at radius 3 is 2.60 bits per heavy atom. The van der Waals surface area contributed by atoms with Crippen LogP contribution >= 0.6 is 0 Å². The van der Waals surface area contributed by atoms with Gasteiger partial charge in [-0.15, -0.1) is 0 Å². The van der Waals surface area contributed by atoms with E-state index in [0.29, 0.717) is 30.8 Å². The third kappa shape index (κ3) is 3.31. The van der Waals surface area contributed by atoms with Crippen molar-refractivity contribution in [2.75, 3.05) is 18.4 Å². The first-order chi connectivity index (χ1) is 11.8. The Morgan fingerprint density at radius 2 is 1.96 bits per heavy atom. The molecule has 1 N–H and O–H groups in total. The Kier molecular flexibility index (Phi) is 4.41. The van der Waals surface area contributed by atoms with Crippen LogP contribution in [0.25, 0.3) is 5.69 Å². The number of nitrogens with zero attached hydrogens (tertiary/aromatic N) is 3. The van der Waals surface area contributed by atoms with Crippen molar-refractivity contribution in [3.63, 3.8) is 0 Å². The van der Waals surface area contributed by atoms with E-state index >= 15 is 0 Å². The molecule has 3 rings (SSSR count). The molecule has 1 saturated heterocycles. The van der Waals surface area contributed by atoms with Crippen molar-refractivity contribution in [2.24, 2.45) is 7.05 Å². The summed E-state index contributed by atoms with van der Waals surface area (Å²) in [7, 11) is 1.76. The number of para-hydroxylation sites is 1. The lowest BCUT2D eigenvalue weighted by atomic mass is 9.97. The van der Waals surface area contributed by atoms with E-state index in [-0.39, 0.29) is 17.8 Å². The number of nitrogens with one attached hydrogen (secondary N) is 1. The van der Waals surface area contributed by atoms with Crippen LogP contribution in [0.15, 0.2) is 35.1 Å². The summed E-state index contributed by atoms with van der Waals surface area (Å²) in [6.45, 7) is 3.80. The summed E-state index contributed by atoms with van der Waals surface area (Å²) >= 11 is 0. The zero-order valence-electron chi connectivity index (χ0n) is 14.8. The predicted molar refractivity (Wildman–Crippen MR) is 95.1 cm³/mol. The van der Waals surface area contributed by atoms with E-state index in [9.17, 15) is 14.0 Å². The van der Waals surface area contributed by atoms with Gasteiger partial charge in [-0.05, 0) is 38.8 Å². The highest BCUT2D eigenvalue weighted by atomic mass is 19.1. The van der Waals surface area contributed by atoms with E-state index in [1.54, 1.807) is 18.7 Å². The highest BCUT2D eigenvalue weighted by molar-refractivity contribution is 5.90. The Balaban J connectivity index is 1.89. The number of benzene rings is 1. The van der Waals surface area contributed by atoms with Gasteiger partial charge in [0.2, 0.25) is 0 Å². The highest BCUT2D eigenvalue weighted by Crippen LogP contribution is 2.25. The van der Waals surface area contributed by atoms with Gasteiger partial charge in [-0.25, -0.2) is 13.9 Å². The molecule has 0 aliphatic carbocycles. The number of amides is 2. The number of urea groups is 1. The van der Waals surface area contributed by atoms with Gasteiger partial charge < -0.3 is 10.2 Å². The fourth-order valence-corrected chi connectivity index (χ4v) is 3.27. The number of anilines is 1. The monoisotopic (exact) mass is 346 g/mol. The molecule has 25 heavy (non-hydrogen) atoms. The molecule has 2 heterocycles. The summed E-state index contributed by atoms with van der Waals surface area (Å²) in [5.74, 6) is 0. The van der Waals surface area contributed by atoms with Gasteiger partial charge in [-0.3, -0.25) is 9.48 Å². The molecule has 0 bridgehead atoms. The molecule has 0 radical (unpaired) electrons. The highest BCUT2D eigenvalue weighted by Gasteiger charge is 2.33. The summed E-state index contributed by atoms with van der Waals surface area (Å²) in [5, 5.41) is 2.68. The number of rotatable bonds is 2. The lowest BCUT2D eigenvalue weighted by Crippen LogP contribution is -2.48. The SMILES string of the molecule is Cc1c(NC(=O)N2CCCC(C)(F)C2)c(=O)n(-c2ccccc2)n1C. The summed E-state index contributed by atoms with van der Waals surface area (Å²) in [6.07, 6.45) is 1.06. The third-order valence-corrected chi connectivity index (χ3v) is 4.72. The lowest BCUT2D eigenvalue weighted by molar-refractivity contribution is 0.0807. The number of hydrogen-bond donors (Lipinski definition) is 1. The molecule has 1 fully saturated rings. The number of halogens is 1. The summed E-state index contributed by atoms with van der Waals surface area (Å²) < 4.78 is 17.4. The average Bonchev–Trinajstić information content (AvgIpc) is 2.78. The molecule has 1 aliphatic rings. The quantitative estimate of drug-likeness (QED) is 0.909. The maximum atomic E-state index is 14.2. The van der Waals surface area contributed by atoms with E-state index in [1.807, 2.05) is 30.3 Å². The molecule has 0 saturated carbocycles. The fourth-order valence-electron chi connectivity index (χ4n) is 3.27. The van der Waals surface area contributed by atoms with E-state index < -0.39 is 11.7 Å². The number of alkyl halides is 1. The maximum absolute atomic E-state index is 14.2. The third-order valence-electron chi connectivity index (χ3n) is 4.72. The van der Waals surface area contributed by atoms with Crippen LogP contribution in [-0.2, 0) is 7.05 Å². The van der Waals surface area contributed by atoms with Gasteiger partial charge in [-0.1, -0.05) is 18.2 Å². The number of likely N-dealkylation sites (tertiary alicyclic amines) is 1. The first-order valence-corrected chi connectivity index (χ1v) is 8.39. The van der Waals surface area contributed by atoms with Crippen LogP contribution in [0.4, 0.5) is 14.9 Å². The molecule has 1 aromatic carbocycles. The number of carbonyl (C=O) groups is 1. The maximum Gasteiger partial charge on any atom is 0.322 e. The van der Waals surface area contributed by atoms with Crippen LogP contribution < -0.4 is 10.9 Å². The standard InChI is InChI=1S/C18H23FN4O2/c1-13-15(20-17(25)22-11-7-10-18(2,19)12-22)16(24)23(21(13)3)14-8-5-4-6-9-14/h4-6,8-9H,7,10-12H2,1-3H3,(H,20,25). The van der Waals surface area contributed by atoms with Crippen LogP contribution in [0.5, 0.6) is 0 Å². The van der Waals surface area contributed by atoms with Crippen molar-refractivity contribution in [3.8, 4) is 5.69 Å². The molecule has 0 spiro atoms. The molecule has 7 heteroatoms. The largest absolute Gasteiger partial charge is 0.322 e. The number of carbonyl (C=O) groups excluding carboxylic acids is 1. The van der Waals surface area contributed by atoms with Crippen molar-refractivity contribution in [3.05, 3.63) is 46.4 Å². The van der Waals surface area contributed by atoms with Crippen molar-refractivity contribution in [1.82, 2.24) is 14.3 Å². The minimum Gasteiger partial charge on any atom is -0.321 e. The molecule has 1 aromatic heterocycles. The Morgan fingerprint density at radius 1 is 1.28 bits per heavy atom. The van der Waals surface area contributed by atoms with Crippen LogP contribution in [0, 0.1) is 6.92 Å². The topological polar surface area (TPSA) is 59.3 Å². The summed E-state index contributed by atoms with van der Waals surface area (Å²) in [6, 6.07) is 8.78. The Bertz CT molecular complexity index is 839. The van der Waals surface area contributed by atoms with Crippen LogP contribution in [0.3, 0.4) is 0 Å². The molecule has 2 aromatic rings. The lowest BCUT2D eigenvalue weighted by Gasteiger charge is -2.34. The molecule has 1 unspecified atom stereocenters. The van der Waals surface area contributed by atoms with Gasteiger partial charge in [0.25, 0.3) is 5.56 Å². The van der Waals surface area contributed by atoms with Crippen molar-refractivity contribution < 1.29 is 9.18 Å². The number of hydrogen-bond acceptors (Lipinski definition) is 2. The molecule has 134 valence electrons. The Labute approximate surface area is 145 Å². The van der Waals surface area contributed by atoms with Gasteiger partial charge in [0.15, 0.2) is 0 Å². The number of piperidine rings is 1. The van der Waals surface area contributed by atoms with Crippen LogP contribution in [0.2, 0.25) is 0 Å². The summed E-state index contributed by atoms with van der Waals surface area (Å²) in [4.78, 5) is 26.7. The zero-order valence-corrected chi connectivity index (χ0v) is 14.8. The molecule has 6 nitrogen and oxygen atoms in total. The van der Waals surface area contributed by atoms with Gasteiger partial charge in [-0.2, -0.15) is 0 Å². The van der Waals surface area contributed by atoms with E-state index in [4.69, 9.17) is 0 Å². The van der Waals surface area contributed by atoms with Crippen molar-refractivity contribution in [1.29, 1.82) is 0 Å². The second kappa shape index (κ2) is 6.38. The molecular formula is C18H23FN4O2. The number of aromatic nitrogens is 2. The fraction of sp³-hybridized carbons (Fsp3) is 0.444. The first kappa shape index (κ1) is 17.3. The molecular weight excluding hydrogens is 323 g/mol. The molecule has 1 aliphatic heterocycles. The van der Waals surface area contributed by atoms with Gasteiger partial charge >= 0.3 is 6.03 Å². The minimum atomic E-state index is -1.38.